The van der Waals surface area contributed by atoms with Crippen molar-refractivity contribution < 1.29 is 18.8 Å². The van der Waals surface area contributed by atoms with Crippen molar-refractivity contribution in [1.82, 2.24) is 0 Å². The van der Waals surface area contributed by atoms with E-state index in [1.54, 1.807) is 0 Å². The summed E-state index contributed by atoms with van der Waals surface area (Å²) in [5.41, 5.74) is 2.53. The third-order valence-corrected chi connectivity index (χ3v) is 7.39. The SMILES string of the molecule is CCCCCCCCCCCCCc1cccc(OCCOC(=O)C(C)[N+](C)(C)Cc2ccccc2)c1. The summed E-state index contributed by atoms with van der Waals surface area (Å²) in [5.74, 6) is 0.666. The maximum Gasteiger partial charge on any atom is 0.364 e. The van der Waals surface area contributed by atoms with Crippen molar-refractivity contribution in [1.29, 1.82) is 0 Å². The highest BCUT2D eigenvalue weighted by molar-refractivity contribution is 5.74. The Balaban J connectivity index is 1.58. The Labute approximate surface area is 227 Å². The van der Waals surface area contributed by atoms with E-state index in [0.29, 0.717) is 11.1 Å². The number of carbonyl (C=O) groups excluding carboxylic acids is 1. The van der Waals surface area contributed by atoms with Crippen molar-refractivity contribution in [3.05, 3.63) is 65.7 Å². The van der Waals surface area contributed by atoms with E-state index < -0.39 is 0 Å². The molecule has 2 aromatic carbocycles. The summed E-state index contributed by atoms with van der Waals surface area (Å²) in [4.78, 5) is 12.6. The molecular weight excluding hydrogens is 458 g/mol. The number of hydrogen-bond donors (Lipinski definition) is 0. The number of unbranched alkanes of at least 4 members (excludes halogenated alkanes) is 10. The Morgan fingerprint density at radius 3 is 2.00 bits per heavy atom. The van der Waals surface area contributed by atoms with Gasteiger partial charge >= 0.3 is 5.97 Å². The Morgan fingerprint density at radius 1 is 0.757 bits per heavy atom. The van der Waals surface area contributed by atoms with Crippen LogP contribution in [0.15, 0.2) is 54.6 Å². The van der Waals surface area contributed by atoms with Gasteiger partial charge in [-0.05, 0) is 37.5 Å². The molecule has 0 aliphatic rings. The molecule has 2 aromatic rings. The maximum absolute atomic E-state index is 12.6. The summed E-state index contributed by atoms with van der Waals surface area (Å²) < 4.78 is 12.0. The molecule has 0 fully saturated rings. The molecule has 0 saturated heterocycles. The average molecular weight is 511 g/mol. The number of benzene rings is 2. The summed E-state index contributed by atoms with van der Waals surface area (Å²) in [6.07, 6.45) is 16.1. The van der Waals surface area contributed by atoms with Crippen LogP contribution in [0.3, 0.4) is 0 Å². The van der Waals surface area contributed by atoms with Crippen LogP contribution in [0, 0.1) is 0 Å². The number of rotatable bonds is 20. The standard InChI is InChI=1S/C33H52NO3/c1-5-6-7-8-9-10-11-12-13-14-16-20-30-23-19-24-32(27-30)36-25-26-37-33(35)29(2)34(3,4)28-31-21-17-15-18-22-31/h15,17-19,21-24,27,29H,5-14,16,20,25-26,28H2,1-4H3/q+1. The van der Waals surface area contributed by atoms with Gasteiger partial charge in [-0.3, -0.25) is 0 Å². The third-order valence-electron chi connectivity index (χ3n) is 7.39. The molecule has 206 valence electrons. The van der Waals surface area contributed by atoms with Crippen LogP contribution in [0.5, 0.6) is 5.75 Å². The monoisotopic (exact) mass is 510 g/mol. The zero-order chi connectivity index (χ0) is 26.8. The van der Waals surface area contributed by atoms with E-state index >= 15 is 0 Å². The fraction of sp³-hybridized carbons (Fsp3) is 0.606. The molecule has 4 heteroatoms. The second-order valence-corrected chi connectivity index (χ2v) is 11.0. The van der Waals surface area contributed by atoms with Crippen molar-refractivity contribution in [3.63, 3.8) is 0 Å². The molecule has 4 nitrogen and oxygen atoms in total. The lowest BCUT2D eigenvalue weighted by molar-refractivity contribution is -0.917. The first-order valence-corrected chi connectivity index (χ1v) is 14.7. The van der Waals surface area contributed by atoms with Gasteiger partial charge in [-0.2, -0.15) is 0 Å². The molecule has 1 atom stereocenters. The number of likely N-dealkylation sites (N-methyl/N-ethyl adjacent to an activating group) is 1. The van der Waals surface area contributed by atoms with Crippen LogP contribution in [0.2, 0.25) is 0 Å². The van der Waals surface area contributed by atoms with Gasteiger partial charge in [0.2, 0.25) is 0 Å². The van der Waals surface area contributed by atoms with Gasteiger partial charge in [-0.25, -0.2) is 4.79 Å². The minimum Gasteiger partial charge on any atom is -0.490 e. The second-order valence-electron chi connectivity index (χ2n) is 11.0. The van der Waals surface area contributed by atoms with Crippen molar-refractivity contribution in [2.75, 3.05) is 27.3 Å². The molecule has 1 unspecified atom stereocenters. The zero-order valence-corrected chi connectivity index (χ0v) is 24.1. The van der Waals surface area contributed by atoms with Crippen molar-refractivity contribution in [3.8, 4) is 5.75 Å². The van der Waals surface area contributed by atoms with Crippen LogP contribution in [0.1, 0.15) is 95.6 Å². The van der Waals surface area contributed by atoms with Crippen LogP contribution in [-0.4, -0.2) is 43.8 Å². The first-order chi connectivity index (χ1) is 17.9. The molecule has 0 N–H and O–H groups in total. The molecular formula is C33H52NO3+. The molecule has 0 spiro atoms. The summed E-state index contributed by atoms with van der Waals surface area (Å²) in [6.45, 7) is 5.62. The van der Waals surface area contributed by atoms with E-state index in [1.165, 1.54) is 81.8 Å². The Morgan fingerprint density at radius 2 is 1.35 bits per heavy atom. The van der Waals surface area contributed by atoms with E-state index in [-0.39, 0.29) is 18.6 Å². The highest BCUT2D eigenvalue weighted by Crippen LogP contribution is 2.18. The van der Waals surface area contributed by atoms with Crippen LogP contribution >= 0.6 is 0 Å². The average Bonchev–Trinajstić information content (AvgIpc) is 2.89. The van der Waals surface area contributed by atoms with Crippen molar-refractivity contribution in [2.45, 2.75) is 103 Å². The normalized spacial score (nSPS) is 12.3. The maximum atomic E-state index is 12.6. The van der Waals surface area contributed by atoms with Gasteiger partial charge in [0.25, 0.3) is 0 Å². The second kappa shape index (κ2) is 18.0. The molecule has 0 bridgehead atoms. The minimum absolute atomic E-state index is 0.185. The van der Waals surface area contributed by atoms with E-state index in [1.807, 2.05) is 31.2 Å². The number of nitrogens with zero attached hydrogens (tertiary/aromatic N) is 1. The van der Waals surface area contributed by atoms with Crippen LogP contribution in [0.4, 0.5) is 0 Å². The summed E-state index contributed by atoms with van der Waals surface area (Å²) in [5, 5.41) is 0. The molecule has 0 aliphatic heterocycles. The van der Waals surface area contributed by atoms with Crippen LogP contribution in [-0.2, 0) is 22.5 Å². The predicted molar refractivity (Wildman–Crippen MR) is 155 cm³/mol. The highest BCUT2D eigenvalue weighted by atomic mass is 16.6. The number of esters is 1. The molecule has 0 heterocycles. The summed E-state index contributed by atoms with van der Waals surface area (Å²) in [6, 6.07) is 18.3. The minimum atomic E-state index is -0.255. The lowest BCUT2D eigenvalue weighted by Crippen LogP contribution is -2.51. The number of aryl methyl sites for hydroxylation is 1. The number of quaternary nitrogens is 1. The van der Waals surface area contributed by atoms with Gasteiger partial charge in [0, 0.05) is 5.56 Å². The lowest BCUT2D eigenvalue weighted by Gasteiger charge is -2.34. The Hall–Kier alpha value is -2.33. The lowest BCUT2D eigenvalue weighted by atomic mass is 10.0. The molecule has 0 aromatic heterocycles. The largest absolute Gasteiger partial charge is 0.490 e. The molecule has 37 heavy (non-hydrogen) atoms. The van der Waals surface area contributed by atoms with Crippen molar-refractivity contribution >= 4 is 5.97 Å². The third kappa shape index (κ3) is 13.2. The Kier molecular flexibility index (Phi) is 15.0. The number of carbonyl (C=O) groups is 1. The zero-order valence-electron chi connectivity index (χ0n) is 24.1. The summed E-state index contributed by atoms with van der Waals surface area (Å²) in [7, 11) is 4.13. The smallest absolute Gasteiger partial charge is 0.364 e. The fourth-order valence-electron chi connectivity index (χ4n) is 4.68. The quantitative estimate of drug-likeness (QED) is 0.102. The van der Waals surface area contributed by atoms with E-state index in [0.717, 1.165) is 18.7 Å². The van der Waals surface area contributed by atoms with Gasteiger partial charge in [0.15, 0.2) is 6.04 Å². The first-order valence-electron chi connectivity index (χ1n) is 14.7. The molecule has 2 rings (SSSR count). The van der Waals surface area contributed by atoms with Crippen LogP contribution in [0.25, 0.3) is 0 Å². The van der Waals surface area contributed by atoms with Crippen molar-refractivity contribution in [2.24, 2.45) is 0 Å². The summed E-state index contributed by atoms with van der Waals surface area (Å²) >= 11 is 0. The fourth-order valence-corrected chi connectivity index (χ4v) is 4.68. The van der Waals surface area contributed by atoms with Gasteiger partial charge < -0.3 is 14.0 Å². The van der Waals surface area contributed by atoms with Gasteiger partial charge in [-0.15, -0.1) is 0 Å². The molecule has 0 saturated carbocycles. The van der Waals surface area contributed by atoms with E-state index in [4.69, 9.17) is 9.47 Å². The molecule has 0 radical (unpaired) electrons. The number of ether oxygens (including phenoxy) is 2. The van der Waals surface area contributed by atoms with Gasteiger partial charge in [-0.1, -0.05) is 114 Å². The molecule has 0 aliphatic carbocycles. The topological polar surface area (TPSA) is 35.5 Å². The number of hydrogen-bond acceptors (Lipinski definition) is 3. The Bertz CT molecular complexity index is 865. The van der Waals surface area contributed by atoms with Gasteiger partial charge in [0.05, 0.1) is 14.1 Å². The van der Waals surface area contributed by atoms with E-state index in [9.17, 15) is 4.79 Å². The van der Waals surface area contributed by atoms with Crippen LogP contribution < -0.4 is 4.74 Å². The highest BCUT2D eigenvalue weighted by Gasteiger charge is 2.32. The predicted octanol–water partition coefficient (Wildman–Crippen LogP) is 8.13. The van der Waals surface area contributed by atoms with Gasteiger partial charge in [0.1, 0.15) is 25.5 Å². The van der Waals surface area contributed by atoms with E-state index in [2.05, 4.69) is 51.4 Å². The first kappa shape index (κ1) is 30.9. The molecule has 0 amide bonds.